The highest BCUT2D eigenvalue weighted by molar-refractivity contribution is 7.10. The minimum absolute atomic E-state index is 0.0707. The zero-order valence-corrected chi connectivity index (χ0v) is 19.1. The standard InChI is InChI=1S/C22H31N3O4S/c1-15(20(19-7-6-12-30-19)25-10-8-24(2)9-11-25)23-22(26)16-13-17(27-3)21(29-5)18(14-16)28-4/h6-7,12-15,20H,8-11H2,1-5H3,(H,23,26)/t15-,20-/m1/s1. The second-order valence-corrected chi connectivity index (χ2v) is 8.45. The first-order chi connectivity index (χ1) is 14.5. The molecule has 1 fully saturated rings. The smallest absolute Gasteiger partial charge is 0.251 e. The molecule has 7 nitrogen and oxygen atoms in total. The Bertz CT molecular complexity index is 810. The first kappa shape index (κ1) is 22.4. The Labute approximate surface area is 182 Å². The second kappa shape index (κ2) is 10.1. The lowest BCUT2D eigenvalue weighted by Gasteiger charge is -2.40. The van der Waals surface area contributed by atoms with Gasteiger partial charge in [0.05, 0.1) is 27.4 Å². The number of nitrogens with zero attached hydrogens (tertiary/aromatic N) is 2. The largest absolute Gasteiger partial charge is 0.493 e. The summed E-state index contributed by atoms with van der Waals surface area (Å²) >= 11 is 1.73. The lowest BCUT2D eigenvalue weighted by molar-refractivity contribution is 0.0798. The van der Waals surface area contributed by atoms with Crippen LogP contribution in [-0.4, -0.2) is 76.3 Å². The van der Waals surface area contributed by atoms with Crippen LogP contribution in [0.25, 0.3) is 0 Å². The maximum atomic E-state index is 13.1. The summed E-state index contributed by atoms with van der Waals surface area (Å²) in [6.45, 7) is 6.07. The van der Waals surface area contributed by atoms with Gasteiger partial charge in [-0.3, -0.25) is 9.69 Å². The van der Waals surface area contributed by atoms with Gasteiger partial charge in [-0.05, 0) is 37.6 Å². The van der Waals surface area contributed by atoms with Crippen LogP contribution >= 0.6 is 11.3 Å². The van der Waals surface area contributed by atoms with Crippen LogP contribution in [0.5, 0.6) is 17.2 Å². The summed E-state index contributed by atoms with van der Waals surface area (Å²) in [5, 5.41) is 5.28. The van der Waals surface area contributed by atoms with E-state index in [9.17, 15) is 4.79 Å². The number of hydrogen-bond acceptors (Lipinski definition) is 7. The average molecular weight is 434 g/mol. The Kier molecular flexibility index (Phi) is 7.58. The molecule has 2 heterocycles. The van der Waals surface area contributed by atoms with E-state index in [2.05, 4.69) is 46.6 Å². The number of nitrogens with one attached hydrogen (secondary N) is 1. The monoisotopic (exact) mass is 433 g/mol. The highest BCUT2D eigenvalue weighted by Crippen LogP contribution is 2.38. The van der Waals surface area contributed by atoms with Crippen molar-refractivity contribution in [3.63, 3.8) is 0 Å². The minimum atomic E-state index is -0.169. The summed E-state index contributed by atoms with van der Waals surface area (Å²) in [4.78, 5) is 19.2. The van der Waals surface area contributed by atoms with Gasteiger partial charge in [-0.1, -0.05) is 6.07 Å². The highest BCUT2D eigenvalue weighted by atomic mass is 32.1. The number of amides is 1. The van der Waals surface area contributed by atoms with Crippen LogP contribution < -0.4 is 19.5 Å². The Balaban J connectivity index is 1.82. The van der Waals surface area contributed by atoms with Gasteiger partial charge >= 0.3 is 0 Å². The van der Waals surface area contributed by atoms with E-state index < -0.39 is 0 Å². The Morgan fingerprint density at radius 1 is 1.07 bits per heavy atom. The van der Waals surface area contributed by atoms with Crippen molar-refractivity contribution in [1.82, 2.24) is 15.1 Å². The van der Waals surface area contributed by atoms with Crippen LogP contribution in [0.15, 0.2) is 29.6 Å². The Morgan fingerprint density at radius 2 is 1.70 bits per heavy atom. The van der Waals surface area contributed by atoms with Crippen LogP contribution in [0.2, 0.25) is 0 Å². The van der Waals surface area contributed by atoms with Gasteiger partial charge in [0.15, 0.2) is 11.5 Å². The fourth-order valence-corrected chi connectivity index (χ4v) is 4.85. The van der Waals surface area contributed by atoms with Crippen molar-refractivity contribution in [3.8, 4) is 17.2 Å². The molecule has 1 amide bonds. The molecule has 3 rings (SSSR count). The van der Waals surface area contributed by atoms with Crippen molar-refractivity contribution in [1.29, 1.82) is 0 Å². The molecular weight excluding hydrogens is 402 g/mol. The molecule has 1 N–H and O–H groups in total. The number of rotatable bonds is 8. The normalized spacial score (nSPS) is 17.2. The van der Waals surface area contributed by atoms with Gasteiger partial charge in [-0.15, -0.1) is 11.3 Å². The van der Waals surface area contributed by atoms with Gasteiger partial charge in [-0.2, -0.15) is 0 Å². The third-order valence-electron chi connectivity index (χ3n) is 5.53. The van der Waals surface area contributed by atoms with Crippen molar-refractivity contribution in [2.45, 2.75) is 19.0 Å². The molecule has 8 heteroatoms. The molecule has 2 atom stereocenters. The summed E-state index contributed by atoms with van der Waals surface area (Å²) in [5.41, 5.74) is 0.472. The summed E-state index contributed by atoms with van der Waals surface area (Å²) in [5.74, 6) is 1.22. The molecule has 2 aromatic rings. The van der Waals surface area contributed by atoms with Gasteiger partial charge in [0.25, 0.3) is 5.91 Å². The molecule has 0 aliphatic carbocycles. The summed E-state index contributed by atoms with van der Waals surface area (Å²) < 4.78 is 16.1. The molecule has 0 bridgehead atoms. The van der Waals surface area contributed by atoms with E-state index in [4.69, 9.17) is 14.2 Å². The number of carbonyl (C=O) groups excluding carboxylic acids is 1. The number of ether oxygens (including phenoxy) is 3. The topological polar surface area (TPSA) is 63.3 Å². The first-order valence-corrected chi connectivity index (χ1v) is 10.9. The Hall–Kier alpha value is -2.29. The highest BCUT2D eigenvalue weighted by Gasteiger charge is 2.30. The quantitative estimate of drug-likeness (QED) is 0.691. The predicted molar refractivity (Wildman–Crippen MR) is 119 cm³/mol. The van der Waals surface area contributed by atoms with Crippen LogP contribution in [0, 0.1) is 0 Å². The summed E-state index contributed by atoms with van der Waals surface area (Å²) in [7, 11) is 6.78. The van der Waals surface area contributed by atoms with Crippen molar-refractivity contribution >= 4 is 17.2 Å². The molecular formula is C22H31N3O4S. The minimum Gasteiger partial charge on any atom is -0.493 e. The molecule has 1 aromatic carbocycles. The van der Waals surface area contributed by atoms with Gasteiger partial charge in [0, 0.05) is 42.7 Å². The molecule has 30 heavy (non-hydrogen) atoms. The zero-order chi connectivity index (χ0) is 21.7. The molecule has 0 unspecified atom stereocenters. The van der Waals surface area contributed by atoms with E-state index in [-0.39, 0.29) is 18.0 Å². The number of thiophene rings is 1. The fraction of sp³-hybridized carbons (Fsp3) is 0.500. The third-order valence-corrected chi connectivity index (χ3v) is 6.47. The lowest BCUT2D eigenvalue weighted by Crippen LogP contribution is -2.51. The molecule has 0 spiro atoms. The van der Waals surface area contributed by atoms with E-state index in [0.29, 0.717) is 22.8 Å². The van der Waals surface area contributed by atoms with E-state index in [1.54, 1.807) is 44.8 Å². The molecule has 0 radical (unpaired) electrons. The maximum Gasteiger partial charge on any atom is 0.251 e. The fourth-order valence-electron chi connectivity index (χ4n) is 3.88. The maximum absolute atomic E-state index is 13.1. The van der Waals surface area contributed by atoms with Gasteiger partial charge in [0.1, 0.15) is 0 Å². The molecule has 0 saturated carbocycles. The van der Waals surface area contributed by atoms with Gasteiger partial charge in [0.2, 0.25) is 5.75 Å². The van der Waals surface area contributed by atoms with E-state index in [0.717, 1.165) is 26.2 Å². The number of methoxy groups -OCH3 is 3. The second-order valence-electron chi connectivity index (χ2n) is 7.48. The third kappa shape index (κ3) is 4.88. The number of carbonyl (C=O) groups is 1. The van der Waals surface area contributed by atoms with E-state index in [1.807, 2.05) is 0 Å². The van der Waals surface area contributed by atoms with Gasteiger partial charge < -0.3 is 24.4 Å². The van der Waals surface area contributed by atoms with E-state index >= 15 is 0 Å². The number of hydrogen-bond donors (Lipinski definition) is 1. The molecule has 1 aliphatic rings. The molecule has 1 saturated heterocycles. The van der Waals surface area contributed by atoms with Crippen molar-refractivity contribution in [3.05, 3.63) is 40.1 Å². The van der Waals surface area contributed by atoms with Gasteiger partial charge in [-0.25, -0.2) is 0 Å². The van der Waals surface area contributed by atoms with Crippen LogP contribution in [-0.2, 0) is 0 Å². The number of benzene rings is 1. The lowest BCUT2D eigenvalue weighted by atomic mass is 10.0. The zero-order valence-electron chi connectivity index (χ0n) is 18.3. The Morgan fingerprint density at radius 3 is 2.20 bits per heavy atom. The molecule has 1 aromatic heterocycles. The number of likely N-dealkylation sites (N-methyl/N-ethyl adjacent to an activating group) is 1. The predicted octanol–water partition coefficient (Wildman–Crippen LogP) is 2.88. The van der Waals surface area contributed by atoms with Crippen LogP contribution in [0.1, 0.15) is 28.2 Å². The SMILES string of the molecule is COc1cc(C(=O)N[C@H](C)[C@H](c2cccs2)N2CCN(C)CC2)cc(OC)c1OC. The van der Waals surface area contributed by atoms with Crippen molar-refractivity contribution in [2.24, 2.45) is 0 Å². The average Bonchev–Trinajstić information content (AvgIpc) is 3.28. The molecule has 1 aliphatic heterocycles. The summed E-state index contributed by atoms with van der Waals surface area (Å²) in [6, 6.07) is 7.63. The first-order valence-electron chi connectivity index (χ1n) is 10.0. The summed E-state index contributed by atoms with van der Waals surface area (Å²) in [6.07, 6.45) is 0. The van der Waals surface area contributed by atoms with E-state index in [1.165, 1.54) is 4.88 Å². The van der Waals surface area contributed by atoms with Crippen molar-refractivity contribution < 1.29 is 19.0 Å². The number of piperazine rings is 1. The van der Waals surface area contributed by atoms with Crippen molar-refractivity contribution in [2.75, 3.05) is 54.6 Å². The van der Waals surface area contributed by atoms with Crippen LogP contribution in [0.3, 0.4) is 0 Å². The molecule has 164 valence electrons. The van der Waals surface area contributed by atoms with Crippen LogP contribution in [0.4, 0.5) is 0 Å².